The molecule has 0 fully saturated rings. The molecule has 1 aromatic carbocycles. The number of thiophene rings is 1. The second-order valence-electron chi connectivity index (χ2n) is 6.62. The van der Waals surface area contributed by atoms with Crippen LogP contribution in [0.2, 0.25) is 0 Å². The predicted octanol–water partition coefficient (Wildman–Crippen LogP) is 4.50. The van der Waals surface area contributed by atoms with Gasteiger partial charge < -0.3 is 15.1 Å². The van der Waals surface area contributed by atoms with Gasteiger partial charge >= 0.3 is 0 Å². The molecule has 3 aromatic heterocycles. The molecule has 2 N–H and O–H groups in total. The Morgan fingerprint density at radius 3 is 2.61 bits per heavy atom. The van der Waals surface area contributed by atoms with Crippen LogP contribution in [0, 0.1) is 6.92 Å². The molecule has 160 valence electrons. The fourth-order valence-electron chi connectivity index (χ4n) is 2.96. The van der Waals surface area contributed by atoms with E-state index in [1.165, 1.54) is 34.4 Å². The molecule has 0 aliphatic rings. The predicted molar refractivity (Wildman–Crippen MR) is 124 cm³/mol. The molecule has 0 bridgehead atoms. The van der Waals surface area contributed by atoms with Gasteiger partial charge in [0, 0.05) is 29.8 Å². The molecule has 4 aromatic rings. The van der Waals surface area contributed by atoms with E-state index in [0.717, 1.165) is 20.3 Å². The van der Waals surface area contributed by atoms with Crippen LogP contribution in [0.4, 0.5) is 0 Å². The number of nitrogens with one attached hydrogen (secondary N) is 2. The van der Waals surface area contributed by atoms with Gasteiger partial charge in [0.15, 0.2) is 10.1 Å². The van der Waals surface area contributed by atoms with Crippen LogP contribution in [0.15, 0.2) is 50.5 Å². The van der Waals surface area contributed by atoms with Crippen molar-refractivity contribution in [2.24, 2.45) is 0 Å². The van der Waals surface area contributed by atoms with Crippen molar-refractivity contribution in [3.05, 3.63) is 63.0 Å². The molecule has 4 rings (SSSR count). The molecule has 2 amide bonds. The van der Waals surface area contributed by atoms with Crippen molar-refractivity contribution in [2.45, 2.75) is 23.4 Å². The Kier molecular flexibility index (Phi) is 7.00. The van der Waals surface area contributed by atoms with Gasteiger partial charge in [-0.15, -0.1) is 21.5 Å². The normalized spacial score (nSPS) is 11.0. The van der Waals surface area contributed by atoms with Gasteiger partial charge in [0.2, 0.25) is 0 Å². The first-order chi connectivity index (χ1) is 15.1. The number of para-hydroxylation sites is 1. The summed E-state index contributed by atoms with van der Waals surface area (Å²) in [4.78, 5) is 25.4. The number of aromatic nitrogens is 2. The molecule has 3 heterocycles. The largest absolute Gasteiger partial charge is 0.451 e. The number of hydrogen-bond acceptors (Lipinski definition) is 8. The maximum absolute atomic E-state index is 12.8. The SMILES string of the molecule is Cc1nnc(SCc2c(C(=O)NCCCNC(=O)c3cccs3)oc3ccccc23)s1. The van der Waals surface area contributed by atoms with E-state index in [2.05, 4.69) is 20.8 Å². The van der Waals surface area contributed by atoms with E-state index in [9.17, 15) is 9.59 Å². The minimum atomic E-state index is -0.259. The summed E-state index contributed by atoms with van der Waals surface area (Å²) >= 11 is 4.46. The fourth-order valence-corrected chi connectivity index (χ4v) is 5.45. The summed E-state index contributed by atoms with van der Waals surface area (Å²) in [5.74, 6) is 0.526. The first-order valence-electron chi connectivity index (χ1n) is 9.65. The van der Waals surface area contributed by atoms with Crippen LogP contribution in [0.25, 0.3) is 11.0 Å². The zero-order valence-electron chi connectivity index (χ0n) is 16.7. The van der Waals surface area contributed by atoms with Gasteiger partial charge in [-0.1, -0.05) is 47.4 Å². The number of nitrogens with zero attached hydrogens (tertiary/aromatic N) is 2. The van der Waals surface area contributed by atoms with Gasteiger partial charge in [0.1, 0.15) is 10.6 Å². The van der Waals surface area contributed by atoms with E-state index in [4.69, 9.17) is 4.42 Å². The Morgan fingerprint density at radius 1 is 1.06 bits per heavy atom. The van der Waals surface area contributed by atoms with Gasteiger partial charge in [0.05, 0.1) is 4.88 Å². The van der Waals surface area contributed by atoms with Crippen molar-refractivity contribution in [1.82, 2.24) is 20.8 Å². The number of amides is 2. The Bertz CT molecular complexity index is 1180. The van der Waals surface area contributed by atoms with E-state index in [1.807, 2.05) is 42.6 Å². The molecule has 0 unspecified atom stereocenters. The highest BCUT2D eigenvalue weighted by Crippen LogP contribution is 2.33. The summed E-state index contributed by atoms with van der Waals surface area (Å²) in [7, 11) is 0. The van der Waals surface area contributed by atoms with Crippen LogP contribution < -0.4 is 10.6 Å². The van der Waals surface area contributed by atoms with Crippen LogP contribution in [0.3, 0.4) is 0 Å². The number of hydrogen-bond donors (Lipinski definition) is 2. The molecule has 0 atom stereocenters. The van der Waals surface area contributed by atoms with Crippen molar-refractivity contribution in [3.8, 4) is 0 Å². The fraction of sp³-hybridized carbons (Fsp3) is 0.238. The minimum Gasteiger partial charge on any atom is -0.451 e. The molecule has 0 saturated carbocycles. The number of fused-ring (bicyclic) bond motifs is 1. The van der Waals surface area contributed by atoms with E-state index in [-0.39, 0.29) is 11.8 Å². The van der Waals surface area contributed by atoms with Crippen LogP contribution in [-0.2, 0) is 5.75 Å². The second-order valence-corrected chi connectivity index (χ2v) is 9.98. The van der Waals surface area contributed by atoms with Crippen LogP contribution in [0.5, 0.6) is 0 Å². The van der Waals surface area contributed by atoms with Crippen molar-refractivity contribution in [3.63, 3.8) is 0 Å². The number of thioether (sulfide) groups is 1. The Hall–Kier alpha value is -2.69. The quantitative estimate of drug-likeness (QED) is 0.275. The average molecular weight is 473 g/mol. The molecule has 0 spiro atoms. The van der Waals surface area contributed by atoms with Gasteiger partial charge in [-0.05, 0) is 30.9 Å². The highest BCUT2D eigenvalue weighted by atomic mass is 32.2. The molecular formula is C21H20N4O3S3. The number of benzene rings is 1. The monoisotopic (exact) mass is 472 g/mol. The zero-order chi connectivity index (χ0) is 21.6. The van der Waals surface area contributed by atoms with Gasteiger partial charge in [-0.25, -0.2) is 0 Å². The molecule has 0 aliphatic heterocycles. The van der Waals surface area contributed by atoms with Crippen molar-refractivity contribution < 1.29 is 14.0 Å². The smallest absolute Gasteiger partial charge is 0.287 e. The molecule has 7 nitrogen and oxygen atoms in total. The third kappa shape index (κ3) is 5.33. The summed E-state index contributed by atoms with van der Waals surface area (Å²) in [5, 5.41) is 17.6. The lowest BCUT2D eigenvalue weighted by Gasteiger charge is -2.06. The summed E-state index contributed by atoms with van der Waals surface area (Å²) < 4.78 is 6.73. The van der Waals surface area contributed by atoms with Gasteiger partial charge in [0.25, 0.3) is 11.8 Å². The lowest BCUT2D eigenvalue weighted by molar-refractivity contribution is 0.0927. The van der Waals surface area contributed by atoms with Crippen molar-refractivity contribution in [2.75, 3.05) is 13.1 Å². The molecule has 31 heavy (non-hydrogen) atoms. The maximum Gasteiger partial charge on any atom is 0.287 e. The van der Waals surface area contributed by atoms with Crippen molar-refractivity contribution >= 4 is 57.2 Å². The molecule has 0 radical (unpaired) electrons. The Morgan fingerprint density at radius 2 is 1.87 bits per heavy atom. The summed E-state index contributed by atoms with van der Waals surface area (Å²) in [6.07, 6.45) is 0.622. The van der Waals surface area contributed by atoms with Gasteiger partial charge in [-0.3, -0.25) is 9.59 Å². The number of aryl methyl sites for hydroxylation is 1. The summed E-state index contributed by atoms with van der Waals surface area (Å²) in [5.41, 5.74) is 1.52. The molecule has 10 heteroatoms. The van der Waals surface area contributed by atoms with Crippen LogP contribution >= 0.6 is 34.4 Å². The molecule has 0 aliphatic carbocycles. The van der Waals surface area contributed by atoms with E-state index >= 15 is 0 Å². The first kappa shape index (κ1) is 21.5. The summed E-state index contributed by atoms with van der Waals surface area (Å²) in [6.45, 7) is 2.83. The highest BCUT2D eigenvalue weighted by molar-refractivity contribution is 8.00. The summed E-state index contributed by atoms with van der Waals surface area (Å²) in [6, 6.07) is 11.3. The van der Waals surface area contributed by atoms with E-state index in [0.29, 0.717) is 41.5 Å². The highest BCUT2D eigenvalue weighted by Gasteiger charge is 2.21. The van der Waals surface area contributed by atoms with E-state index < -0.39 is 0 Å². The lowest BCUT2D eigenvalue weighted by Crippen LogP contribution is -2.29. The average Bonchev–Trinajstić information content (AvgIpc) is 3.51. The lowest BCUT2D eigenvalue weighted by atomic mass is 10.1. The van der Waals surface area contributed by atoms with Gasteiger partial charge in [-0.2, -0.15) is 0 Å². The standard InChI is InChI=1S/C21H20N4O3S3/c1-13-24-25-21(31-13)30-12-15-14-6-2-3-7-16(14)28-18(15)20(27)23-10-5-9-22-19(26)17-8-4-11-29-17/h2-4,6-8,11H,5,9-10,12H2,1H3,(H,22,26)(H,23,27). The first-order valence-corrected chi connectivity index (χ1v) is 12.3. The van der Waals surface area contributed by atoms with E-state index in [1.54, 1.807) is 6.07 Å². The third-order valence-electron chi connectivity index (χ3n) is 4.42. The molecule has 0 saturated heterocycles. The van der Waals surface area contributed by atoms with Crippen molar-refractivity contribution in [1.29, 1.82) is 0 Å². The topological polar surface area (TPSA) is 97.1 Å². The van der Waals surface area contributed by atoms with Crippen LogP contribution in [-0.4, -0.2) is 35.1 Å². The number of rotatable bonds is 9. The Labute approximate surface area is 191 Å². The number of furan rings is 1. The minimum absolute atomic E-state index is 0.0927. The Balaban J connectivity index is 1.36. The maximum atomic E-state index is 12.8. The third-order valence-corrected chi connectivity index (χ3v) is 7.29. The van der Waals surface area contributed by atoms with Crippen LogP contribution in [0.1, 0.15) is 37.2 Å². The molecular weight excluding hydrogens is 452 g/mol. The second kappa shape index (κ2) is 10.1. The number of carbonyl (C=O) groups is 2. The number of carbonyl (C=O) groups excluding carboxylic acids is 2. The zero-order valence-corrected chi connectivity index (χ0v) is 19.2.